The van der Waals surface area contributed by atoms with Crippen molar-refractivity contribution in [3.05, 3.63) is 0 Å². The van der Waals surface area contributed by atoms with Gasteiger partial charge in [-0.2, -0.15) is 5.26 Å². The molecule has 0 spiro atoms. The zero-order valence-electron chi connectivity index (χ0n) is 10.1. The predicted octanol–water partition coefficient (Wildman–Crippen LogP) is 3.19. The molecule has 14 heavy (non-hydrogen) atoms. The summed E-state index contributed by atoms with van der Waals surface area (Å²) in [5, 5.41) is 8.52. The maximum absolute atomic E-state index is 8.52. The number of hydrogen-bond donors (Lipinski definition) is 0. The smallest absolute Gasteiger partial charge is 0.0635 e. The van der Waals surface area contributed by atoms with Gasteiger partial charge in [0.1, 0.15) is 0 Å². The maximum Gasteiger partial charge on any atom is 0.0635 e. The van der Waals surface area contributed by atoms with Crippen LogP contribution in [0.1, 0.15) is 52.9 Å². The highest BCUT2D eigenvalue weighted by Gasteiger charge is 2.21. The van der Waals surface area contributed by atoms with E-state index in [4.69, 9.17) is 5.26 Å². The van der Waals surface area contributed by atoms with E-state index in [2.05, 4.69) is 38.8 Å². The summed E-state index contributed by atoms with van der Waals surface area (Å²) in [5.74, 6) is 0. The van der Waals surface area contributed by atoms with Gasteiger partial charge in [-0.25, -0.2) is 0 Å². The van der Waals surface area contributed by atoms with Gasteiger partial charge < -0.3 is 4.90 Å². The summed E-state index contributed by atoms with van der Waals surface area (Å²) >= 11 is 0. The number of hydrogen-bond acceptors (Lipinski definition) is 2. The van der Waals surface area contributed by atoms with Crippen molar-refractivity contribution in [1.82, 2.24) is 4.90 Å². The minimum Gasteiger partial charge on any atom is -0.300 e. The van der Waals surface area contributed by atoms with E-state index in [0.29, 0.717) is 6.42 Å². The summed E-state index contributed by atoms with van der Waals surface area (Å²) in [6.07, 6.45) is 5.74. The lowest BCUT2D eigenvalue weighted by atomic mass is 9.95. The number of unbranched alkanes of at least 4 members (excludes halogenated alkanes) is 2. The van der Waals surface area contributed by atoms with Crippen LogP contribution in [0.4, 0.5) is 0 Å². The molecule has 0 aromatic rings. The van der Waals surface area contributed by atoms with Crippen molar-refractivity contribution in [2.24, 2.45) is 0 Å². The van der Waals surface area contributed by atoms with E-state index in [-0.39, 0.29) is 5.54 Å². The third-order valence-corrected chi connectivity index (χ3v) is 2.98. The van der Waals surface area contributed by atoms with Gasteiger partial charge in [0.25, 0.3) is 0 Å². The summed E-state index contributed by atoms with van der Waals surface area (Å²) in [5.41, 5.74) is 0.242. The Labute approximate surface area is 88.9 Å². The van der Waals surface area contributed by atoms with Crippen molar-refractivity contribution in [3.8, 4) is 6.07 Å². The summed E-state index contributed by atoms with van der Waals surface area (Å²) in [6.45, 7) is 7.64. The number of nitrogens with zero attached hydrogens (tertiary/aromatic N) is 2. The lowest BCUT2D eigenvalue weighted by Gasteiger charge is -2.35. The first-order valence-corrected chi connectivity index (χ1v) is 5.62. The molecule has 0 N–H and O–H groups in total. The van der Waals surface area contributed by atoms with Gasteiger partial charge in [-0.3, -0.25) is 0 Å². The van der Waals surface area contributed by atoms with Crippen molar-refractivity contribution in [3.63, 3.8) is 0 Å². The molecule has 0 bridgehead atoms. The lowest BCUT2D eigenvalue weighted by Crippen LogP contribution is -2.41. The van der Waals surface area contributed by atoms with Crippen LogP contribution in [0.3, 0.4) is 0 Å². The van der Waals surface area contributed by atoms with E-state index < -0.39 is 0 Å². The average molecular weight is 196 g/mol. The van der Waals surface area contributed by atoms with E-state index in [1.165, 1.54) is 25.7 Å². The predicted molar refractivity (Wildman–Crippen MR) is 61.1 cm³/mol. The van der Waals surface area contributed by atoms with E-state index in [9.17, 15) is 0 Å². The van der Waals surface area contributed by atoms with Crippen LogP contribution in [0.25, 0.3) is 0 Å². The molecule has 0 saturated heterocycles. The highest BCUT2D eigenvalue weighted by Crippen LogP contribution is 2.20. The second-order valence-corrected chi connectivity index (χ2v) is 4.60. The van der Waals surface area contributed by atoms with Gasteiger partial charge in [0, 0.05) is 18.5 Å². The molecular weight excluding hydrogens is 172 g/mol. The fraction of sp³-hybridized carbons (Fsp3) is 0.917. The van der Waals surface area contributed by atoms with Crippen molar-refractivity contribution in [2.45, 2.75) is 58.4 Å². The van der Waals surface area contributed by atoms with Crippen LogP contribution in [0.15, 0.2) is 0 Å². The quantitative estimate of drug-likeness (QED) is 0.585. The molecule has 0 heterocycles. The Morgan fingerprint density at radius 3 is 2.43 bits per heavy atom. The first-order chi connectivity index (χ1) is 6.54. The van der Waals surface area contributed by atoms with Crippen LogP contribution >= 0.6 is 0 Å². The molecule has 0 aromatic carbocycles. The van der Waals surface area contributed by atoms with Crippen molar-refractivity contribution >= 4 is 0 Å². The Bertz CT molecular complexity index is 179. The van der Waals surface area contributed by atoms with Gasteiger partial charge in [0.2, 0.25) is 0 Å². The van der Waals surface area contributed by atoms with E-state index in [0.717, 1.165) is 6.54 Å². The van der Waals surface area contributed by atoms with E-state index >= 15 is 0 Å². The molecule has 0 amide bonds. The zero-order chi connectivity index (χ0) is 11.0. The molecule has 2 heteroatoms. The van der Waals surface area contributed by atoms with Crippen LogP contribution in [0.5, 0.6) is 0 Å². The van der Waals surface area contributed by atoms with Crippen molar-refractivity contribution < 1.29 is 0 Å². The minimum absolute atomic E-state index is 0.242. The Morgan fingerprint density at radius 1 is 1.29 bits per heavy atom. The molecular formula is C12H24N2. The van der Waals surface area contributed by atoms with Crippen molar-refractivity contribution in [2.75, 3.05) is 13.6 Å². The van der Waals surface area contributed by atoms with Crippen LogP contribution in [0, 0.1) is 11.3 Å². The van der Waals surface area contributed by atoms with Crippen LogP contribution in [-0.4, -0.2) is 24.0 Å². The van der Waals surface area contributed by atoms with Gasteiger partial charge in [-0.05, 0) is 27.3 Å². The molecule has 0 saturated carbocycles. The standard InChI is InChI=1S/C12H24N2/c1-5-6-7-9-12(2,3)14(4)11-8-10-13/h5-9,11H2,1-4H3. The minimum atomic E-state index is 0.242. The Morgan fingerprint density at radius 2 is 1.93 bits per heavy atom. The summed E-state index contributed by atoms with van der Waals surface area (Å²) in [6, 6.07) is 2.20. The highest BCUT2D eigenvalue weighted by molar-refractivity contribution is 4.81. The first kappa shape index (κ1) is 13.4. The van der Waals surface area contributed by atoms with Gasteiger partial charge in [0.15, 0.2) is 0 Å². The van der Waals surface area contributed by atoms with Crippen LogP contribution in [-0.2, 0) is 0 Å². The monoisotopic (exact) mass is 196 g/mol. The third kappa shape index (κ3) is 5.24. The normalized spacial score (nSPS) is 11.7. The molecule has 0 atom stereocenters. The molecule has 0 radical (unpaired) electrons. The van der Waals surface area contributed by atoms with Gasteiger partial charge >= 0.3 is 0 Å². The third-order valence-electron chi connectivity index (χ3n) is 2.98. The summed E-state index contributed by atoms with van der Waals surface area (Å²) in [7, 11) is 2.11. The summed E-state index contributed by atoms with van der Waals surface area (Å²) < 4.78 is 0. The van der Waals surface area contributed by atoms with E-state index in [1.807, 2.05) is 0 Å². The highest BCUT2D eigenvalue weighted by atomic mass is 15.2. The molecule has 0 aliphatic rings. The topological polar surface area (TPSA) is 27.0 Å². The number of nitriles is 1. The molecule has 0 rings (SSSR count). The fourth-order valence-electron chi connectivity index (χ4n) is 1.52. The lowest BCUT2D eigenvalue weighted by molar-refractivity contribution is 0.145. The SMILES string of the molecule is CCCCCC(C)(C)N(C)CCC#N. The Hall–Kier alpha value is -0.550. The summed E-state index contributed by atoms with van der Waals surface area (Å²) in [4.78, 5) is 2.30. The first-order valence-electron chi connectivity index (χ1n) is 5.62. The van der Waals surface area contributed by atoms with Gasteiger partial charge in [-0.1, -0.05) is 26.2 Å². The molecule has 0 aromatic heterocycles. The van der Waals surface area contributed by atoms with E-state index in [1.54, 1.807) is 0 Å². The second kappa shape index (κ2) is 6.84. The fourth-order valence-corrected chi connectivity index (χ4v) is 1.52. The average Bonchev–Trinajstić information content (AvgIpc) is 2.14. The maximum atomic E-state index is 8.52. The molecule has 2 nitrogen and oxygen atoms in total. The van der Waals surface area contributed by atoms with Gasteiger partial charge in [0.05, 0.1) is 6.07 Å². The van der Waals surface area contributed by atoms with Crippen molar-refractivity contribution in [1.29, 1.82) is 5.26 Å². The Balaban J connectivity index is 3.84. The molecule has 0 unspecified atom stereocenters. The van der Waals surface area contributed by atoms with Crippen LogP contribution in [0.2, 0.25) is 0 Å². The van der Waals surface area contributed by atoms with Crippen LogP contribution < -0.4 is 0 Å². The Kier molecular flexibility index (Phi) is 6.57. The molecule has 82 valence electrons. The largest absolute Gasteiger partial charge is 0.300 e. The molecule has 0 aliphatic carbocycles. The molecule has 0 fully saturated rings. The van der Waals surface area contributed by atoms with Gasteiger partial charge in [-0.15, -0.1) is 0 Å². The number of rotatable bonds is 7. The zero-order valence-corrected chi connectivity index (χ0v) is 10.1. The molecule has 0 aliphatic heterocycles. The second-order valence-electron chi connectivity index (χ2n) is 4.60.